The summed E-state index contributed by atoms with van der Waals surface area (Å²) in [4.78, 5) is 12.9. The average Bonchev–Trinajstić information content (AvgIpc) is 2.66. The van der Waals surface area contributed by atoms with Crippen molar-refractivity contribution in [2.75, 3.05) is 17.2 Å². The molecule has 6 nitrogen and oxygen atoms in total. The lowest BCUT2D eigenvalue weighted by Crippen LogP contribution is -2.21. The fraction of sp³-hybridized carbons (Fsp3) is 0.211. The number of nitrogens with one attached hydrogen (secondary N) is 2. The zero-order valence-electron chi connectivity index (χ0n) is 14.7. The predicted octanol–water partition coefficient (Wildman–Crippen LogP) is 3.22. The van der Waals surface area contributed by atoms with Crippen LogP contribution in [-0.4, -0.2) is 32.7 Å². The van der Waals surface area contributed by atoms with E-state index in [0.29, 0.717) is 23.0 Å². The summed E-state index contributed by atoms with van der Waals surface area (Å²) in [6.45, 7) is 1.90. The molecule has 0 radical (unpaired) electrons. The van der Waals surface area contributed by atoms with Crippen LogP contribution >= 0.6 is 0 Å². The van der Waals surface area contributed by atoms with E-state index in [1.807, 2.05) is 6.07 Å². The molecule has 0 saturated carbocycles. The quantitative estimate of drug-likeness (QED) is 0.592. The number of nitrogens with zero attached hydrogens (tertiary/aromatic N) is 3. The molecule has 0 aliphatic heterocycles. The van der Waals surface area contributed by atoms with Crippen LogP contribution in [0.2, 0.25) is 0 Å². The topological polar surface area (TPSA) is 83.0 Å². The largest absolute Gasteiger partial charge is 0.394 e. The SMILES string of the molecule is C[C@@H](CO)Nc1nc(NCc2cc(F)cc(F)c2)cc(-c2cccnc2)n1. The minimum atomic E-state index is -0.635. The molecule has 1 atom stereocenters. The number of hydrogen-bond donors (Lipinski definition) is 3. The Morgan fingerprint density at radius 1 is 1.11 bits per heavy atom. The van der Waals surface area contributed by atoms with Crippen molar-refractivity contribution >= 4 is 11.8 Å². The molecule has 0 unspecified atom stereocenters. The van der Waals surface area contributed by atoms with E-state index in [1.165, 1.54) is 12.1 Å². The number of hydrogen-bond acceptors (Lipinski definition) is 6. The van der Waals surface area contributed by atoms with Gasteiger partial charge in [-0.2, -0.15) is 4.98 Å². The molecule has 0 spiro atoms. The van der Waals surface area contributed by atoms with Crippen molar-refractivity contribution in [1.82, 2.24) is 15.0 Å². The van der Waals surface area contributed by atoms with Crippen LogP contribution in [0, 0.1) is 11.6 Å². The van der Waals surface area contributed by atoms with Gasteiger partial charge >= 0.3 is 0 Å². The van der Waals surface area contributed by atoms with Crippen LogP contribution in [0.3, 0.4) is 0 Å². The van der Waals surface area contributed by atoms with Crippen LogP contribution in [0.5, 0.6) is 0 Å². The van der Waals surface area contributed by atoms with E-state index in [1.54, 1.807) is 31.5 Å². The minimum Gasteiger partial charge on any atom is -0.394 e. The standard InChI is InChI=1S/C19H19F2N5O/c1-12(11-27)24-19-25-17(14-3-2-4-22-10-14)8-18(26-19)23-9-13-5-15(20)7-16(21)6-13/h2-8,10,12,27H,9,11H2,1H3,(H2,23,24,25,26)/t12-/m0/s1. The maximum Gasteiger partial charge on any atom is 0.225 e. The van der Waals surface area contributed by atoms with Gasteiger partial charge in [0.25, 0.3) is 0 Å². The van der Waals surface area contributed by atoms with Crippen molar-refractivity contribution in [3.63, 3.8) is 0 Å². The molecule has 27 heavy (non-hydrogen) atoms. The second-order valence-electron chi connectivity index (χ2n) is 6.06. The molecule has 2 heterocycles. The van der Waals surface area contributed by atoms with E-state index >= 15 is 0 Å². The minimum absolute atomic E-state index is 0.0776. The van der Waals surface area contributed by atoms with E-state index < -0.39 is 11.6 Å². The molecule has 3 N–H and O–H groups in total. The van der Waals surface area contributed by atoms with Gasteiger partial charge in [0.15, 0.2) is 0 Å². The van der Waals surface area contributed by atoms with Gasteiger partial charge in [0, 0.05) is 42.7 Å². The first-order chi connectivity index (χ1) is 13.0. The lowest BCUT2D eigenvalue weighted by Gasteiger charge is -2.14. The summed E-state index contributed by atoms with van der Waals surface area (Å²) in [5.74, 6) is -0.471. The molecular weight excluding hydrogens is 352 g/mol. The Morgan fingerprint density at radius 3 is 2.56 bits per heavy atom. The van der Waals surface area contributed by atoms with Gasteiger partial charge in [-0.3, -0.25) is 4.98 Å². The number of aliphatic hydroxyl groups is 1. The molecule has 1 aromatic carbocycles. The number of halogens is 2. The normalized spacial score (nSPS) is 11.9. The van der Waals surface area contributed by atoms with Gasteiger partial charge in [0.05, 0.1) is 12.3 Å². The fourth-order valence-electron chi connectivity index (χ4n) is 2.44. The van der Waals surface area contributed by atoms with E-state index in [0.717, 1.165) is 11.6 Å². The molecule has 8 heteroatoms. The third-order valence-corrected chi connectivity index (χ3v) is 3.73. The van der Waals surface area contributed by atoms with Gasteiger partial charge in [-0.25, -0.2) is 13.8 Å². The molecule has 0 amide bonds. The molecule has 0 fully saturated rings. The number of rotatable bonds is 7. The third-order valence-electron chi connectivity index (χ3n) is 3.73. The van der Waals surface area contributed by atoms with Gasteiger partial charge in [-0.1, -0.05) is 0 Å². The lowest BCUT2D eigenvalue weighted by molar-refractivity contribution is 0.281. The van der Waals surface area contributed by atoms with Crippen LogP contribution in [0.15, 0.2) is 48.8 Å². The van der Waals surface area contributed by atoms with Crippen LogP contribution in [0.25, 0.3) is 11.3 Å². The summed E-state index contributed by atoms with van der Waals surface area (Å²) in [5, 5.41) is 15.3. The molecule has 3 aromatic rings. The molecular formula is C19H19F2N5O. The van der Waals surface area contributed by atoms with Gasteiger partial charge in [-0.15, -0.1) is 0 Å². The number of benzene rings is 1. The van der Waals surface area contributed by atoms with Crippen LogP contribution in [-0.2, 0) is 6.54 Å². The Bertz CT molecular complexity index is 888. The number of aliphatic hydroxyl groups excluding tert-OH is 1. The smallest absolute Gasteiger partial charge is 0.225 e. The van der Waals surface area contributed by atoms with Crippen LogP contribution in [0.4, 0.5) is 20.5 Å². The van der Waals surface area contributed by atoms with E-state index in [4.69, 9.17) is 0 Å². The summed E-state index contributed by atoms with van der Waals surface area (Å²) >= 11 is 0. The zero-order chi connectivity index (χ0) is 19.2. The molecule has 0 aliphatic carbocycles. The highest BCUT2D eigenvalue weighted by Crippen LogP contribution is 2.21. The van der Waals surface area contributed by atoms with E-state index in [2.05, 4.69) is 25.6 Å². The Balaban J connectivity index is 1.87. The maximum absolute atomic E-state index is 13.4. The Kier molecular flexibility index (Phi) is 5.87. The van der Waals surface area contributed by atoms with Gasteiger partial charge in [0.2, 0.25) is 5.95 Å². The lowest BCUT2D eigenvalue weighted by atomic mass is 10.2. The monoisotopic (exact) mass is 371 g/mol. The highest BCUT2D eigenvalue weighted by Gasteiger charge is 2.10. The van der Waals surface area contributed by atoms with Gasteiger partial charge in [-0.05, 0) is 36.8 Å². The van der Waals surface area contributed by atoms with E-state index in [9.17, 15) is 13.9 Å². The molecule has 0 bridgehead atoms. The Morgan fingerprint density at radius 2 is 1.89 bits per heavy atom. The van der Waals surface area contributed by atoms with Gasteiger partial charge < -0.3 is 15.7 Å². The summed E-state index contributed by atoms with van der Waals surface area (Å²) in [6.07, 6.45) is 3.34. The second kappa shape index (κ2) is 8.50. The van der Waals surface area contributed by atoms with Crippen molar-refractivity contribution in [2.24, 2.45) is 0 Å². The first-order valence-electron chi connectivity index (χ1n) is 8.39. The van der Waals surface area contributed by atoms with Crippen molar-refractivity contribution in [2.45, 2.75) is 19.5 Å². The maximum atomic E-state index is 13.4. The first kappa shape index (κ1) is 18.7. The Labute approximate surface area is 155 Å². The number of aromatic nitrogens is 3. The van der Waals surface area contributed by atoms with Crippen molar-refractivity contribution < 1.29 is 13.9 Å². The number of pyridine rings is 1. The summed E-state index contributed by atoms with van der Waals surface area (Å²) in [5.41, 5.74) is 1.87. The highest BCUT2D eigenvalue weighted by atomic mass is 19.1. The van der Waals surface area contributed by atoms with Crippen molar-refractivity contribution in [3.05, 3.63) is 66.0 Å². The van der Waals surface area contributed by atoms with Crippen LogP contribution in [0.1, 0.15) is 12.5 Å². The van der Waals surface area contributed by atoms with Gasteiger partial charge in [0.1, 0.15) is 17.5 Å². The number of anilines is 2. The average molecular weight is 371 g/mol. The fourth-order valence-corrected chi connectivity index (χ4v) is 2.44. The third kappa shape index (κ3) is 5.18. The highest BCUT2D eigenvalue weighted by molar-refractivity contribution is 5.63. The Hall–Kier alpha value is -3.13. The summed E-state index contributed by atoms with van der Waals surface area (Å²) in [7, 11) is 0. The molecule has 140 valence electrons. The summed E-state index contributed by atoms with van der Waals surface area (Å²) in [6, 6.07) is 8.48. The van der Waals surface area contributed by atoms with Crippen molar-refractivity contribution in [3.8, 4) is 11.3 Å². The van der Waals surface area contributed by atoms with Crippen molar-refractivity contribution in [1.29, 1.82) is 0 Å². The summed E-state index contributed by atoms with van der Waals surface area (Å²) < 4.78 is 26.7. The predicted molar refractivity (Wildman–Crippen MR) is 99.1 cm³/mol. The second-order valence-corrected chi connectivity index (χ2v) is 6.06. The molecule has 2 aromatic heterocycles. The zero-order valence-corrected chi connectivity index (χ0v) is 14.7. The molecule has 3 rings (SSSR count). The molecule has 0 saturated heterocycles. The van der Waals surface area contributed by atoms with E-state index in [-0.39, 0.29) is 19.2 Å². The molecule has 0 aliphatic rings. The first-order valence-corrected chi connectivity index (χ1v) is 8.39. The van der Waals surface area contributed by atoms with Crippen LogP contribution < -0.4 is 10.6 Å².